The third-order valence-corrected chi connectivity index (χ3v) is 4.93. The SMILES string of the molecule is CCON=C(C)C1=C(O)CC(CCSc2ccc(F)c(F)c2)CC1=O. The van der Waals surface area contributed by atoms with E-state index in [4.69, 9.17) is 4.84 Å². The van der Waals surface area contributed by atoms with E-state index in [1.54, 1.807) is 13.8 Å². The van der Waals surface area contributed by atoms with Gasteiger partial charge >= 0.3 is 0 Å². The second-order valence-corrected chi connectivity index (χ2v) is 6.99. The number of hydrogen-bond acceptors (Lipinski definition) is 5. The Labute approximate surface area is 149 Å². The van der Waals surface area contributed by atoms with E-state index in [1.165, 1.54) is 17.8 Å². The average Bonchev–Trinajstić information content (AvgIpc) is 2.55. The molecule has 0 spiro atoms. The number of rotatable bonds is 7. The Morgan fingerprint density at radius 1 is 1.36 bits per heavy atom. The second-order valence-electron chi connectivity index (χ2n) is 5.83. The molecular weight excluding hydrogens is 348 g/mol. The first-order chi connectivity index (χ1) is 11.9. The predicted octanol–water partition coefficient (Wildman–Crippen LogP) is 4.65. The molecule has 4 nitrogen and oxygen atoms in total. The molecule has 136 valence electrons. The van der Waals surface area contributed by atoms with Gasteiger partial charge in [0.25, 0.3) is 0 Å². The summed E-state index contributed by atoms with van der Waals surface area (Å²) in [6.45, 7) is 3.82. The van der Waals surface area contributed by atoms with Crippen LogP contribution in [-0.4, -0.2) is 29.0 Å². The fraction of sp³-hybridized carbons (Fsp3) is 0.444. The van der Waals surface area contributed by atoms with Crippen molar-refractivity contribution in [2.24, 2.45) is 11.1 Å². The van der Waals surface area contributed by atoms with Gasteiger partial charge in [-0.15, -0.1) is 11.8 Å². The average molecular weight is 369 g/mol. The summed E-state index contributed by atoms with van der Waals surface area (Å²) in [6, 6.07) is 3.79. The minimum absolute atomic E-state index is 0.0222. The van der Waals surface area contributed by atoms with Crippen molar-refractivity contribution in [2.75, 3.05) is 12.4 Å². The number of halogens is 2. The maximum absolute atomic E-state index is 13.2. The van der Waals surface area contributed by atoms with Crippen molar-refractivity contribution in [1.82, 2.24) is 0 Å². The highest BCUT2D eigenvalue weighted by molar-refractivity contribution is 7.99. The molecule has 0 saturated heterocycles. The van der Waals surface area contributed by atoms with Gasteiger partial charge in [-0.2, -0.15) is 0 Å². The minimum atomic E-state index is -0.868. The number of allylic oxidation sites excluding steroid dienone is 2. The number of aliphatic hydroxyl groups is 1. The number of carbonyl (C=O) groups excluding carboxylic acids is 1. The van der Waals surface area contributed by atoms with E-state index in [2.05, 4.69) is 5.16 Å². The van der Waals surface area contributed by atoms with Gasteiger partial charge in [0, 0.05) is 17.7 Å². The Hall–Kier alpha value is -1.89. The molecule has 2 rings (SSSR count). The van der Waals surface area contributed by atoms with Crippen molar-refractivity contribution in [3.05, 3.63) is 41.2 Å². The largest absolute Gasteiger partial charge is 0.511 e. The van der Waals surface area contributed by atoms with E-state index in [1.807, 2.05) is 0 Å². The zero-order chi connectivity index (χ0) is 18.4. The fourth-order valence-corrected chi connectivity index (χ4v) is 3.74. The number of aliphatic hydroxyl groups excluding tert-OH is 1. The van der Waals surface area contributed by atoms with Crippen LogP contribution >= 0.6 is 11.8 Å². The number of carbonyl (C=O) groups is 1. The Morgan fingerprint density at radius 2 is 2.12 bits per heavy atom. The zero-order valence-corrected chi connectivity index (χ0v) is 15.0. The van der Waals surface area contributed by atoms with E-state index in [0.717, 1.165) is 12.1 Å². The van der Waals surface area contributed by atoms with Gasteiger partial charge in [-0.05, 0) is 50.1 Å². The summed E-state index contributed by atoms with van der Waals surface area (Å²) in [6.07, 6.45) is 1.42. The number of benzene rings is 1. The lowest BCUT2D eigenvalue weighted by atomic mass is 9.84. The van der Waals surface area contributed by atoms with E-state index in [0.29, 0.717) is 42.2 Å². The first kappa shape index (κ1) is 19.4. The van der Waals surface area contributed by atoms with Crippen LogP contribution in [-0.2, 0) is 9.63 Å². The third-order valence-electron chi connectivity index (χ3n) is 3.90. The van der Waals surface area contributed by atoms with Gasteiger partial charge in [-0.25, -0.2) is 8.78 Å². The Balaban J connectivity index is 1.92. The van der Waals surface area contributed by atoms with E-state index >= 15 is 0 Å². The molecule has 0 saturated carbocycles. The highest BCUT2D eigenvalue weighted by Gasteiger charge is 2.29. The second kappa shape index (κ2) is 8.99. The molecule has 1 aromatic rings. The summed E-state index contributed by atoms with van der Waals surface area (Å²) in [4.78, 5) is 17.9. The molecule has 1 aliphatic carbocycles. The van der Waals surface area contributed by atoms with E-state index < -0.39 is 11.6 Å². The van der Waals surface area contributed by atoms with Gasteiger partial charge in [-0.1, -0.05) is 5.16 Å². The first-order valence-corrected chi connectivity index (χ1v) is 9.11. The van der Waals surface area contributed by atoms with Crippen LogP contribution in [0.1, 0.15) is 33.1 Å². The molecule has 1 atom stereocenters. The smallest absolute Gasteiger partial charge is 0.168 e. The maximum atomic E-state index is 13.2. The van der Waals surface area contributed by atoms with Crippen molar-refractivity contribution in [3.63, 3.8) is 0 Å². The predicted molar refractivity (Wildman–Crippen MR) is 93.8 cm³/mol. The lowest BCUT2D eigenvalue weighted by Gasteiger charge is -2.23. The van der Waals surface area contributed by atoms with Crippen molar-refractivity contribution >= 4 is 23.3 Å². The Morgan fingerprint density at radius 3 is 2.76 bits per heavy atom. The van der Waals surface area contributed by atoms with E-state index in [-0.39, 0.29) is 23.0 Å². The standard InChI is InChI=1S/C18H21F2NO3S/c1-3-24-21-11(2)18-16(22)8-12(9-17(18)23)6-7-25-13-4-5-14(19)15(20)10-13/h4-5,10,12,22H,3,6-9H2,1-2H3. The molecule has 1 aliphatic rings. The zero-order valence-electron chi connectivity index (χ0n) is 14.2. The highest BCUT2D eigenvalue weighted by atomic mass is 32.2. The topological polar surface area (TPSA) is 58.9 Å². The summed E-state index contributed by atoms with van der Waals surface area (Å²) in [5.41, 5.74) is 0.636. The summed E-state index contributed by atoms with van der Waals surface area (Å²) in [7, 11) is 0. The van der Waals surface area contributed by atoms with E-state index in [9.17, 15) is 18.7 Å². The van der Waals surface area contributed by atoms with Crippen molar-refractivity contribution < 1.29 is 23.5 Å². The molecule has 1 aromatic carbocycles. The quantitative estimate of drug-likeness (QED) is 0.432. The van der Waals surface area contributed by atoms with Gasteiger partial charge in [0.05, 0.1) is 11.3 Å². The normalized spacial score (nSPS) is 18.6. The Bertz CT molecular complexity index is 704. The summed E-state index contributed by atoms with van der Waals surface area (Å²) in [5.74, 6) is -1.17. The molecule has 0 aliphatic heterocycles. The van der Waals surface area contributed by atoms with Crippen molar-refractivity contribution in [2.45, 2.75) is 38.0 Å². The van der Waals surface area contributed by atoms with Gasteiger partial charge in [0.15, 0.2) is 17.4 Å². The minimum Gasteiger partial charge on any atom is -0.511 e. The van der Waals surface area contributed by atoms with Gasteiger partial charge in [0.2, 0.25) is 0 Å². The van der Waals surface area contributed by atoms with Gasteiger partial charge in [-0.3, -0.25) is 4.79 Å². The monoisotopic (exact) mass is 369 g/mol. The molecule has 7 heteroatoms. The van der Waals surface area contributed by atoms with Crippen LogP contribution < -0.4 is 0 Å². The van der Waals surface area contributed by atoms with Gasteiger partial charge in [0.1, 0.15) is 12.4 Å². The number of ketones is 1. The first-order valence-electron chi connectivity index (χ1n) is 8.12. The van der Waals surface area contributed by atoms with Crippen LogP contribution in [0.3, 0.4) is 0 Å². The number of nitrogens with zero attached hydrogens (tertiary/aromatic N) is 1. The summed E-state index contributed by atoms with van der Waals surface area (Å²) < 4.78 is 26.1. The maximum Gasteiger partial charge on any atom is 0.168 e. The number of oxime groups is 1. The molecule has 0 radical (unpaired) electrons. The molecule has 0 fully saturated rings. The van der Waals surface area contributed by atoms with Gasteiger partial charge < -0.3 is 9.94 Å². The van der Waals surface area contributed by atoms with Crippen molar-refractivity contribution in [3.8, 4) is 0 Å². The number of Topliss-reactive ketones (excluding diaryl/α,β-unsaturated/α-hetero) is 1. The van der Waals surface area contributed by atoms with Crippen LogP contribution in [0.15, 0.2) is 39.6 Å². The van der Waals surface area contributed by atoms with Crippen LogP contribution in [0.2, 0.25) is 0 Å². The molecule has 0 bridgehead atoms. The lowest BCUT2D eigenvalue weighted by molar-refractivity contribution is -0.116. The van der Waals surface area contributed by atoms with Crippen LogP contribution in [0, 0.1) is 17.6 Å². The van der Waals surface area contributed by atoms with Crippen LogP contribution in [0.25, 0.3) is 0 Å². The number of hydrogen-bond donors (Lipinski definition) is 1. The molecule has 0 amide bonds. The third kappa shape index (κ3) is 5.29. The lowest BCUT2D eigenvalue weighted by Crippen LogP contribution is -2.24. The summed E-state index contributed by atoms with van der Waals surface area (Å²) >= 11 is 1.40. The fourth-order valence-electron chi connectivity index (χ4n) is 2.70. The number of thioether (sulfide) groups is 1. The summed E-state index contributed by atoms with van der Waals surface area (Å²) in [5, 5.41) is 14.0. The molecule has 1 unspecified atom stereocenters. The highest BCUT2D eigenvalue weighted by Crippen LogP contribution is 2.31. The van der Waals surface area contributed by atoms with Crippen LogP contribution in [0.5, 0.6) is 0 Å². The molecular formula is C18H21F2NO3S. The molecule has 25 heavy (non-hydrogen) atoms. The molecule has 0 aromatic heterocycles. The van der Waals surface area contributed by atoms with Crippen LogP contribution in [0.4, 0.5) is 8.78 Å². The Kier molecular flexibility index (Phi) is 6.99. The molecule has 0 heterocycles. The van der Waals surface area contributed by atoms with Crippen molar-refractivity contribution in [1.29, 1.82) is 0 Å². The molecule has 1 N–H and O–H groups in total.